The summed E-state index contributed by atoms with van der Waals surface area (Å²) in [6.45, 7) is 8.60. The fraction of sp³-hybridized carbons (Fsp3) is 0.583. The molecule has 2 fully saturated rings. The quantitative estimate of drug-likeness (QED) is 0.400. The van der Waals surface area contributed by atoms with Gasteiger partial charge in [-0.05, 0) is 44.3 Å². The monoisotopic (exact) mass is 444 g/mol. The normalized spacial score (nSPS) is 38.0. The van der Waals surface area contributed by atoms with Gasteiger partial charge in [-0.2, -0.15) is 0 Å². The fourth-order valence-corrected chi connectivity index (χ4v) is 6.25. The number of allylic oxidation sites excluding steroid dienone is 2. The molecule has 32 heavy (non-hydrogen) atoms. The van der Waals surface area contributed by atoms with Crippen molar-refractivity contribution in [3.8, 4) is 0 Å². The molecule has 0 radical (unpaired) electrons. The summed E-state index contributed by atoms with van der Waals surface area (Å²) in [6, 6.07) is 0. The third-order valence-corrected chi connectivity index (χ3v) is 7.46. The topological polar surface area (TPSA) is 116 Å². The summed E-state index contributed by atoms with van der Waals surface area (Å²) < 4.78 is 16.9. The molecule has 0 unspecified atom stereocenters. The molecule has 1 saturated heterocycles. The molecule has 8 heteroatoms. The van der Waals surface area contributed by atoms with Crippen LogP contribution in [-0.2, 0) is 33.4 Å². The molecule has 0 aromatic heterocycles. The first-order chi connectivity index (χ1) is 14.9. The number of hydrogen-bond donors (Lipinski definition) is 1. The largest absolute Gasteiger partial charge is 0.504 e. The van der Waals surface area contributed by atoms with Crippen LogP contribution >= 0.6 is 0 Å². The van der Waals surface area contributed by atoms with E-state index in [1.807, 2.05) is 0 Å². The van der Waals surface area contributed by atoms with Gasteiger partial charge in [0.15, 0.2) is 11.5 Å². The van der Waals surface area contributed by atoms with Crippen LogP contribution in [0, 0.1) is 22.7 Å². The van der Waals surface area contributed by atoms with Gasteiger partial charge in [0.1, 0.15) is 18.8 Å². The molecule has 0 spiro atoms. The number of rotatable bonds is 4. The van der Waals surface area contributed by atoms with Crippen molar-refractivity contribution in [2.45, 2.75) is 59.7 Å². The van der Waals surface area contributed by atoms with E-state index in [4.69, 9.17) is 14.2 Å². The maximum absolute atomic E-state index is 13.0. The summed E-state index contributed by atoms with van der Waals surface area (Å²) in [6.07, 6.45) is 1.46. The molecule has 4 rings (SSSR count). The zero-order valence-corrected chi connectivity index (χ0v) is 18.9. The highest BCUT2D eigenvalue weighted by molar-refractivity contribution is 5.98. The van der Waals surface area contributed by atoms with Crippen molar-refractivity contribution in [2.24, 2.45) is 22.7 Å². The third-order valence-electron chi connectivity index (χ3n) is 7.46. The molecule has 0 amide bonds. The van der Waals surface area contributed by atoms with Crippen LogP contribution in [0.1, 0.15) is 47.5 Å². The average Bonchev–Trinajstić information content (AvgIpc) is 3.16. The van der Waals surface area contributed by atoms with Crippen molar-refractivity contribution in [2.75, 3.05) is 6.61 Å². The molecule has 0 aromatic carbocycles. The van der Waals surface area contributed by atoms with Crippen molar-refractivity contribution in [3.05, 3.63) is 34.6 Å². The highest BCUT2D eigenvalue weighted by Crippen LogP contribution is 2.67. The Bertz CT molecular complexity index is 1010. The van der Waals surface area contributed by atoms with Crippen molar-refractivity contribution < 1.29 is 38.5 Å². The van der Waals surface area contributed by atoms with E-state index < -0.39 is 64.3 Å². The summed E-state index contributed by atoms with van der Waals surface area (Å²) in [5.74, 6) is -3.56. The van der Waals surface area contributed by atoms with E-state index in [9.17, 15) is 24.3 Å². The summed E-state index contributed by atoms with van der Waals surface area (Å²) >= 11 is 0. The van der Waals surface area contributed by atoms with Crippen LogP contribution in [0.2, 0.25) is 0 Å². The lowest BCUT2D eigenvalue weighted by atomic mass is 9.56. The molecule has 4 aliphatic rings. The number of ether oxygens (including phenoxy) is 3. The minimum Gasteiger partial charge on any atom is -0.504 e. The van der Waals surface area contributed by atoms with Gasteiger partial charge in [0.05, 0.1) is 11.8 Å². The smallest absolute Gasteiger partial charge is 0.331 e. The van der Waals surface area contributed by atoms with Gasteiger partial charge < -0.3 is 19.3 Å². The number of aliphatic hydroxyl groups is 1. The Hall–Kier alpha value is -2.90. The second-order valence-electron chi connectivity index (χ2n) is 9.86. The molecule has 1 saturated carbocycles. The molecular formula is C24H28O8. The van der Waals surface area contributed by atoms with Crippen LogP contribution in [0.3, 0.4) is 0 Å². The van der Waals surface area contributed by atoms with E-state index in [-0.39, 0.29) is 19.4 Å². The second-order valence-corrected chi connectivity index (χ2v) is 9.86. The van der Waals surface area contributed by atoms with E-state index in [1.165, 1.54) is 12.2 Å². The number of carbonyl (C=O) groups excluding carboxylic acids is 4. The van der Waals surface area contributed by atoms with Crippen LogP contribution in [0.5, 0.6) is 0 Å². The fourth-order valence-electron chi connectivity index (χ4n) is 6.25. The predicted octanol–water partition coefficient (Wildman–Crippen LogP) is 2.73. The van der Waals surface area contributed by atoms with Crippen molar-refractivity contribution in [3.63, 3.8) is 0 Å². The van der Waals surface area contributed by atoms with E-state index in [0.29, 0.717) is 11.1 Å². The highest BCUT2D eigenvalue weighted by atomic mass is 16.6. The molecule has 0 aromatic rings. The first-order valence-corrected chi connectivity index (χ1v) is 10.8. The van der Waals surface area contributed by atoms with Crippen LogP contribution in [0.25, 0.3) is 0 Å². The van der Waals surface area contributed by atoms with E-state index in [0.717, 1.165) is 5.57 Å². The molecule has 172 valence electrons. The summed E-state index contributed by atoms with van der Waals surface area (Å²) in [5.41, 5.74) is -0.321. The summed E-state index contributed by atoms with van der Waals surface area (Å²) in [7, 11) is 0. The Balaban J connectivity index is 1.88. The number of esters is 3. The van der Waals surface area contributed by atoms with Crippen molar-refractivity contribution in [1.29, 1.82) is 0 Å². The highest BCUT2D eigenvalue weighted by Gasteiger charge is 2.71. The lowest BCUT2D eigenvalue weighted by Gasteiger charge is -2.50. The van der Waals surface area contributed by atoms with Crippen LogP contribution < -0.4 is 0 Å². The minimum absolute atomic E-state index is 0.0320. The molecule has 2 aliphatic carbocycles. The van der Waals surface area contributed by atoms with Gasteiger partial charge in [0.2, 0.25) is 0 Å². The van der Waals surface area contributed by atoms with Gasteiger partial charge in [-0.1, -0.05) is 19.4 Å². The van der Waals surface area contributed by atoms with Crippen LogP contribution in [0.15, 0.2) is 34.6 Å². The summed E-state index contributed by atoms with van der Waals surface area (Å²) in [5, 5.41) is 11.1. The zero-order chi connectivity index (χ0) is 23.6. The Morgan fingerprint density at radius 2 is 1.97 bits per heavy atom. The molecule has 1 N–H and O–H groups in total. The second kappa shape index (κ2) is 7.32. The maximum atomic E-state index is 13.0. The van der Waals surface area contributed by atoms with Crippen LogP contribution in [-0.4, -0.2) is 47.6 Å². The van der Waals surface area contributed by atoms with E-state index >= 15 is 0 Å². The first-order valence-electron chi connectivity index (χ1n) is 10.8. The third kappa shape index (κ3) is 3.03. The first kappa shape index (κ1) is 22.3. The zero-order valence-electron chi connectivity index (χ0n) is 18.9. The maximum Gasteiger partial charge on any atom is 0.331 e. The molecule has 8 nitrogen and oxygen atoms in total. The standard InChI is InChI=1S/C24H28O8/c1-11(2)6-16(25)30-10-24-14-8-18(27)31-15(24)9-23(5,22-12(3)7-17(26)32-22)21(24)20(29)19(28)13(14)4/h6-7,13-15,22,29H,8-10H2,1-5H3/t13-,14+,15-,22+,23+,24-/m1/s1. The minimum atomic E-state index is -1.08. The number of Topliss-reactive ketones (excluding diaryl/α,β-unsaturated/α-hetero) is 1. The summed E-state index contributed by atoms with van der Waals surface area (Å²) in [4.78, 5) is 49.9. The number of hydrogen-bond acceptors (Lipinski definition) is 8. The van der Waals surface area contributed by atoms with Crippen molar-refractivity contribution >= 4 is 23.7 Å². The lowest BCUT2D eigenvalue weighted by molar-refractivity contribution is -0.181. The van der Waals surface area contributed by atoms with Crippen molar-refractivity contribution in [1.82, 2.24) is 0 Å². The molecule has 2 aliphatic heterocycles. The number of aliphatic hydroxyl groups excluding tert-OH is 1. The molecular weight excluding hydrogens is 416 g/mol. The SMILES string of the molecule is CC(C)=CC(=O)OC[C@@]12C3=C(O)C(=O)[C@H](C)[C@@H]1CC(=O)O[C@@H]2C[C@]3(C)[C@H]1OC(=O)C=C1C. The van der Waals surface area contributed by atoms with Gasteiger partial charge in [-0.3, -0.25) is 9.59 Å². The Morgan fingerprint density at radius 1 is 1.28 bits per heavy atom. The van der Waals surface area contributed by atoms with Gasteiger partial charge in [0.25, 0.3) is 0 Å². The number of ketones is 1. The lowest BCUT2D eigenvalue weighted by Crippen LogP contribution is -2.56. The predicted molar refractivity (Wildman–Crippen MR) is 111 cm³/mol. The van der Waals surface area contributed by atoms with E-state index in [2.05, 4.69) is 0 Å². The van der Waals surface area contributed by atoms with E-state index in [1.54, 1.807) is 34.6 Å². The Kier molecular flexibility index (Phi) is 5.10. The van der Waals surface area contributed by atoms with Gasteiger partial charge in [-0.15, -0.1) is 0 Å². The van der Waals surface area contributed by atoms with Crippen LogP contribution in [0.4, 0.5) is 0 Å². The Labute approximate surface area is 186 Å². The Morgan fingerprint density at radius 3 is 2.56 bits per heavy atom. The molecule has 2 heterocycles. The molecule has 6 atom stereocenters. The van der Waals surface area contributed by atoms with Gasteiger partial charge in [-0.25, -0.2) is 9.59 Å². The van der Waals surface area contributed by atoms with Gasteiger partial charge in [0, 0.05) is 23.5 Å². The molecule has 0 bridgehead atoms. The number of cyclic esters (lactones) is 1. The van der Waals surface area contributed by atoms with Gasteiger partial charge >= 0.3 is 17.9 Å². The average molecular weight is 444 g/mol. The number of carbonyl (C=O) groups is 4.